The number of nitrogens with one attached hydrogen (secondary N) is 3. The first-order valence-electron chi connectivity index (χ1n) is 13.7. The van der Waals surface area contributed by atoms with Gasteiger partial charge in [0.25, 0.3) is 0 Å². The van der Waals surface area contributed by atoms with E-state index in [2.05, 4.69) is 31.9 Å². The van der Waals surface area contributed by atoms with Gasteiger partial charge in [0.2, 0.25) is 11.8 Å². The molecule has 43 heavy (non-hydrogen) atoms. The van der Waals surface area contributed by atoms with Gasteiger partial charge in [0, 0.05) is 22.1 Å². The van der Waals surface area contributed by atoms with Crippen molar-refractivity contribution in [1.29, 1.82) is 0 Å². The summed E-state index contributed by atoms with van der Waals surface area (Å²) in [6.07, 6.45) is 0.496. The highest BCUT2D eigenvalue weighted by Crippen LogP contribution is 2.57. The zero-order chi connectivity index (χ0) is 31.3. The first-order valence-corrected chi connectivity index (χ1v) is 14.9. The Morgan fingerprint density at radius 3 is 2.53 bits per heavy atom. The molecule has 3 aromatic carbocycles. The van der Waals surface area contributed by atoms with Crippen LogP contribution in [-0.4, -0.2) is 44.1 Å². The molecule has 0 aliphatic carbocycles. The van der Waals surface area contributed by atoms with Crippen LogP contribution in [-0.2, 0) is 19.7 Å². The number of amides is 2. The zero-order valence-corrected chi connectivity index (χ0v) is 26.7. The normalized spacial score (nSPS) is 22.7. The van der Waals surface area contributed by atoms with Gasteiger partial charge in [-0.1, -0.05) is 66.5 Å². The molecular formula is C32H32BrClFN3O5. The van der Waals surface area contributed by atoms with Gasteiger partial charge in [-0.25, -0.2) is 9.18 Å². The van der Waals surface area contributed by atoms with Crippen molar-refractivity contribution in [2.45, 2.75) is 50.6 Å². The van der Waals surface area contributed by atoms with E-state index in [1.54, 1.807) is 12.1 Å². The summed E-state index contributed by atoms with van der Waals surface area (Å²) in [5.74, 6) is -2.85. The van der Waals surface area contributed by atoms with E-state index in [0.717, 1.165) is 4.47 Å². The van der Waals surface area contributed by atoms with E-state index in [4.69, 9.17) is 21.1 Å². The van der Waals surface area contributed by atoms with Gasteiger partial charge >= 0.3 is 5.97 Å². The lowest BCUT2D eigenvalue weighted by molar-refractivity contribution is -0.122. The van der Waals surface area contributed by atoms with Crippen molar-refractivity contribution in [1.82, 2.24) is 5.32 Å². The molecule has 0 bridgehead atoms. The highest BCUT2D eigenvalue weighted by Gasteiger charge is 2.66. The number of carbonyl (C=O) groups excluding carboxylic acids is 3. The summed E-state index contributed by atoms with van der Waals surface area (Å²) >= 11 is 9.76. The molecule has 1 unspecified atom stereocenters. The molecular weight excluding hydrogens is 641 g/mol. The highest BCUT2D eigenvalue weighted by atomic mass is 79.9. The molecule has 4 atom stereocenters. The minimum Gasteiger partial charge on any atom is -0.495 e. The van der Waals surface area contributed by atoms with E-state index in [9.17, 15) is 14.4 Å². The van der Waals surface area contributed by atoms with Gasteiger partial charge in [-0.2, -0.15) is 0 Å². The Balaban J connectivity index is 1.68. The minimum atomic E-state index is -1.35. The van der Waals surface area contributed by atoms with Crippen LogP contribution in [0.1, 0.15) is 54.6 Å². The van der Waals surface area contributed by atoms with E-state index in [1.165, 1.54) is 38.5 Å². The lowest BCUT2D eigenvalue weighted by Crippen LogP contribution is -2.49. The maximum atomic E-state index is 16.0. The Hall–Kier alpha value is -3.47. The Kier molecular flexibility index (Phi) is 8.32. The Morgan fingerprint density at radius 2 is 1.86 bits per heavy atom. The van der Waals surface area contributed by atoms with Gasteiger partial charge in [0.15, 0.2) is 0 Å². The highest BCUT2D eigenvalue weighted by molar-refractivity contribution is 9.10. The van der Waals surface area contributed by atoms with Crippen molar-refractivity contribution < 1.29 is 28.2 Å². The summed E-state index contributed by atoms with van der Waals surface area (Å²) in [5, 5.41) is 9.23. The third-order valence-corrected chi connectivity index (χ3v) is 8.89. The maximum Gasteiger partial charge on any atom is 0.337 e. The third kappa shape index (κ3) is 5.41. The molecule has 3 N–H and O–H groups in total. The molecule has 226 valence electrons. The topological polar surface area (TPSA) is 106 Å². The zero-order valence-electron chi connectivity index (χ0n) is 24.3. The fourth-order valence-corrected chi connectivity index (χ4v) is 6.95. The summed E-state index contributed by atoms with van der Waals surface area (Å²) < 4.78 is 27.0. The van der Waals surface area contributed by atoms with Crippen molar-refractivity contribution in [3.8, 4) is 5.75 Å². The second-order valence-electron chi connectivity index (χ2n) is 12.0. The van der Waals surface area contributed by atoms with Crippen molar-refractivity contribution in [3.63, 3.8) is 0 Å². The second-order valence-corrected chi connectivity index (χ2v) is 13.3. The first-order chi connectivity index (χ1) is 20.3. The molecule has 5 rings (SSSR count). The molecule has 2 aliphatic rings. The lowest BCUT2D eigenvalue weighted by Gasteiger charge is -2.37. The smallest absolute Gasteiger partial charge is 0.337 e. The van der Waals surface area contributed by atoms with Gasteiger partial charge in [-0.3, -0.25) is 9.59 Å². The van der Waals surface area contributed by atoms with Crippen LogP contribution in [0.3, 0.4) is 0 Å². The van der Waals surface area contributed by atoms with Crippen LogP contribution in [0.25, 0.3) is 0 Å². The number of benzene rings is 3. The van der Waals surface area contributed by atoms with E-state index in [0.29, 0.717) is 23.4 Å². The van der Waals surface area contributed by atoms with Crippen LogP contribution in [0.2, 0.25) is 5.02 Å². The molecule has 2 amide bonds. The van der Waals surface area contributed by atoms with Crippen molar-refractivity contribution in [2.75, 3.05) is 24.9 Å². The first kappa shape index (κ1) is 31.0. The summed E-state index contributed by atoms with van der Waals surface area (Å²) in [7, 11) is 2.68. The number of esters is 1. The number of halogens is 3. The third-order valence-electron chi connectivity index (χ3n) is 8.10. The molecule has 11 heteroatoms. The lowest BCUT2D eigenvalue weighted by atomic mass is 9.62. The number of hydrogen-bond donors (Lipinski definition) is 3. The van der Waals surface area contributed by atoms with Crippen molar-refractivity contribution >= 4 is 56.7 Å². The fraction of sp³-hybridized carbons (Fsp3) is 0.344. The Labute approximate surface area is 262 Å². The number of fused-ring (bicyclic) bond motifs is 2. The van der Waals surface area contributed by atoms with Gasteiger partial charge in [0.1, 0.15) is 17.0 Å². The average Bonchev–Trinajstić information content (AvgIpc) is 3.43. The molecule has 3 aromatic rings. The summed E-state index contributed by atoms with van der Waals surface area (Å²) in [6.45, 7) is 6.15. The van der Waals surface area contributed by atoms with Gasteiger partial charge in [-0.05, 0) is 59.4 Å². The van der Waals surface area contributed by atoms with Crippen LogP contribution in [0, 0.1) is 11.2 Å². The number of anilines is 2. The molecule has 1 fully saturated rings. The minimum absolute atomic E-state index is 0.111. The SMILES string of the molecule is COC(=O)c1ccc(NC(=O)[C@@H]2N[C@@H](CC(C)(C)C)[C@@]3(C(=O)Nc4cc(Br)ccc43)C2c2cccc(Cl)c2F)c(OC)c1. The van der Waals surface area contributed by atoms with E-state index < -0.39 is 41.1 Å². The standard InChI is InChI=1S/C32H32BrClFN3O5/c1-31(2,3)15-24-32(19-11-10-17(33)14-22(19)37-30(32)41)25(18-7-6-8-20(34)26(18)35)27(38-24)28(39)36-21-12-9-16(29(40)43-5)13-23(21)42-4/h6-14,24-25,27,38H,15H2,1-5H3,(H,36,39)(H,37,41)/t24-,25?,27+,32+/m0/s1. The monoisotopic (exact) mass is 671 g/mol. The Bertz CT molecular complexity index is 1630. The molecule has 0 aromatic heterocycles. The van der Waals surface area contributed by atoms with Crippen molar-refractivity contribution in [3.05, 3.63) is 86.6 Å². The second kappa shape index (κ2) is 11.6. The largest absolute Gasteiger partial charge is 0.495 e. The van der Waals surface area contributed by atoms with Crippen LogP contribution in [0.4, 0.5) is 15.8 Å². The molecule has 0 saturated carbocycles. The van der Waals surface area contributed by atoms with Crippen LogP contribution in [0.5, 0.6) is 5.75 Å². The maximum absolute atomic E-state index is 16.0. The predicted molar refractivity (Wildman–Crippen MR) is 166 cm³/mol. The van der Waals surface area contributed by atoms with E-state index in [-0.39, 0.29) is 33.2 Å². The molecule has 2 aliphatic heterocycles. The van der Waals surface area contributed by atoms with Crippen LogP contribution in [0.15, 0.2) is 59.1 Å². The molecule has 8 nitrogen and oxygen atoms in total. The average molecular weight is 673 g/mol. The van der Waals surface area contributed by atoms with E-state index in [1.807, 2.05) is 39.0 Å². The molecule has 1 spiro atoms. The number of rotatable bonds is 6. The van der Waals surface area contributed by atoms with Gasteiger partial charge in [-0.15, -0.1) is 0 Å². The Morgan fingerprint density at radius 1 is 1.12 bits per heavy atom. The van der Waals surface area contributed by atoms with Crippen LogP contribution >= 0.6 is 27.5 Å². The van der Waals surface area contributed by atoms with Gasteiger partial charge in [0.05, 0.1) is 36.5 Å². The number of methoxy groups -OCH3 is 2. The number of hydrogen-bond acceptors (Lipinski definition) is 6. The van der Waals surface area contributed by atoms with E-state index >= 15 is 4.39 Å². The number of ether oxygens (including phenoxy) is 2. The molecule has 0 radical (unpaired) electrons. The molecule has 1 saturated heterocycles. The summed E-state index contributed by atoms with van der Waals surface area (Å²) in [6, 6.07) is 13.0. The van der Waals surface area contributed by atoms with Crippen molar-refractivity contribution in [2.24, 2.45) is 5.41 Å². The van der Waals surface area contributed by atoms with Gasteiger partial charge < -0.3 is 25.4 Å². The fourth-order valence-electron chi connectivity index (χ4n) is 6.40. The molecule has 2 heterocycles. The predicted octanol–water partition coefficient (Wildman–Crippen LogP) is 6.43. The summed E-state index contributed by atoms with van der Waals surface area (Å²) in [4.78, 5) is 40.6. The quantitative estimate of drug-likeness (QED) is 0.261. The number of carbonyl (C=O) groups is 3. The van der Waals surface area contributed by atoms with Crippen LogP contribution < -0.4 is 20.7 Å². The summed E-state index contributed by atoms with van der Waals surface area (Å²) in [5.41, 5.74) is 0.325.